The number of carbonyl (C=O) groups excluding carboxylic acids is 4. The molecule has 9 nitrogen and oxygen atoms in total. The SMILES string of the molecule is COC(=O)[C@]1(Cc2ccc(O)c(CC=C(C)C)c2)OC(=O)C(OC(=O)C(C)C)=C1c1ccc(OC(=O)C(C)C)cc1. The Labute approximate surface area is 239 Å². The van der Waals surface area contributed by atoms with Crippen LogP contribution in [0.4, 0.5) is 0 Å². The van der Waals surface area contributed by atoms with E-state index in [-0.39, 0.29) is 29.4 Å². The zero-order valence-electron chi connectivity index (χ0n) is 24.4. The Balaban J connectivity index is 2.19. The van der Waals surface area contributed by atoms with Gasteiger partial charge in [-0.3, -0.25) is 9.59 Å². The second kappa shape index (κ2) is 12.8. The van der Waals surface area contributed by atoms with Crippen molar-refractivity contribution in [1.29, 1.82) is 0 Å². The Hall–Kier alpha value is -4.40. The van der Waals surface area contributed by atoms with Crippen LogP contribution in [0, 0.1) is 11.8 Å². The van der Waals surface area contributed by atoms with Crippen LogP contribution in [0.1, 0.15) is 58.2 Å². The number of cyclic esters (lactones) is 1. The minimum Gasteiger partial charge on any atom is -0.508 e. The number of ether oxygens (including phenoxy) is 4. The molecule has 0 spiro atoms. The quantitative estimate of drug-likeness (QED) is 0.182. The van der Waals surface area contributed by atoms with Crippen molar-refractivity contribution in [3.63, 3.8) is 0 Å². The first-order valence-corrected chi connectivity index (χ1v) is 13.3. The summed E-state index contributed by atoms with van der Waals surface area (Å²) in [5.41, 5.74) is 0.551. The molecule has 1 heterocycles. The zero-order chi connectivity index (χ0) is 30.5. The van der Waals surface area contributed by atoms with E-state index in [1.165, 1.54) is 37.4 Å². The monoisotopic (exact) mass is 564 g/mol. The van der Waals surface area contributed by atoms with Crippen LogP contribution in [-0.4, -0.2) is 41.7 Å². The standard InChI is InChI=1S/C32H36O9/c1-18(2)8-10-23-16-21(9-15-25(23)33)17-32(31(37)38-7)26(27(30(36)41-32)40-29(35)20(5)6)22-11-13-24(14-12-22)39-28(34)19(3)4/h8-9,11-16,19-20,33H,10,17H2,1-7H3/t32-/m1/s1. The molecule has 0 amide bonds. The molecular formula is C32H36O9. The molecule has 1 N–H and O–H groups in total. The summed E-state index contributed by atoms with van der Waals surface area (Å²) in [6.45, 7) is 10.5. The Morgan fingerprint density at radius 1 is 0.951 bits per heavy atom. The highest BCUT2D eigenvalue weighted by molar-refractivity contribution is 6.12. The second-order valence-corrected chi connectivity index (χ2v) is 10.7. The molecule has 1 atom stereocenters. The van der Waals surface area contributed by atoms with Gasteiger partial charge in [0, 0.05) is 6.42 Å². The lowest BCUT2D eigenvalue weighted by atomic mass is 9.82. The van der Waals surface area contributed by atoms with Crippen LogP contribution < -0.4 is 4.74 Å². The van der Waals surface area contributed by atoms with Crippen molar-refractivity contribution < 1.29 is 43.2 Å². The van der Waals surface area contributed by atoms with E-state index in [2.05, 4.69) is 0 Å². The van der Waals surface area contributed by atoms with E-state index in [0.29, 0.717) is 23.1 Å². The lowest BCUT2D eigenvalue weighted by molar-refractivity contribution is -0.170. The van der Waals surface area contributed by atoms with Crippen LogP contribution in [0.25, 0.3) is 5.57 Å². The number of aromatic hydroxyl groups is 1. The Morgan fingerprint density at radius 3 is 2.12 bits per heavy atom. The maximum Gasteiger partial charge on any atom is 0.376 e. The molecule has 0 fully saturated rings. The highest BCUT2D eigenvalue weighted by Gasteiger charge is 2.56. The number of phenolic OH excluding ortho intramolecular Hbond substituents is 1. The van der Waals surface area contributed by atoms with Gasteiger partial charge in [-0.1, -0.05) is 63.6 Å². The van der Waals surface area contributed by atoms with Crippen molar-refractivity contribution in [2.75, 3.05) is 7.11 Å². The lowest BCUT2D eigenvalue weighted by Gasteiger charge is -2.28. The Kier molecular flexibility index (Phi) is 9.75. The molecule has 3 rings (SSSR count). The van der Waals surface area contributed by atoms with Gasteiger partial charge >= 0.3 is 23.9 Å². The van der Waals surface area contributed by atoms with E-state index < -0.39 is 41.2 Å². The van der Waals surface area contributed by atoms with Crippen molar-refractivity contribution in [1.82, 2.24) is 0 Å². The van der Waals surface area contributed by atoms with E-state index in [1.807, 2.05) is 19.9 Å². The van der Waals surface area contributed by atoms with Crippen LogP contribution in [0.3, 0.4) is 0 Å². The number of hydrogen-bond donors (Lipinski definition) is 1. The highest BCUT2D eigenvalue weighted by Crippen LogP contribution is 2.44. The summed E-state index contributed by atoms with van der Waals surface area (Å²) in [6.07, 6.45) is 2.23. The summed E-state index contributed by atoms with van der Waals surface area (Å²) in [4.78, 5) is 51.4. The van der Waals surface area contributed by atoms with Gasteiger partial charge in [0.1, 0.15) is 11.5 Å². The highest BCUT2D eigenvalue weighted by atomic mass is 16.6. The molecule has 218 valence electrons. The summed E-state index contributed by atoms with van der Waals surface area (Å²) in [5, 5.41) is 10.4. The predicted molar refractivity (Wildman–Crippen MR) is 151 cm³/mol. The Morgan fingerprint density at radius 2 is 1.56 bits per heavy atom. The van der Waals surface area contributed by atoms with E-state index in [0.717, 1.165) is 5.57 Å². The van der Waals surface area contributed by atoms with Crippen LogP contribution in [0.5, 0.6) is 11.5 Å². The largest absolute Gasteiger partial charge is 0.508 e. The molecule has 1 aliphatic rings. The molecule has 2 aromatic carbocycles. The first-order valence-electron chi connectivity index (χ1n) is 13.3. The molecule has 0 aromatic heterocycles. The van der Waals surface area contributed by atoms with Gasteiger partial charge in [-0.2, -0.15) is 0 Å². The minimum absolute atomic E-state index is 0.00371. The minimum atomic E-state index is -2.01. The third-order valence-electron chi connectivity index (χ3n) is 6.43. The summed E-state index contributed by atoms with van der Waals surface area (Å²) in [5.74, 6) is -4.01. The van der Waals surface area contributed by atoms with Gasteiger partial charge in [0.05, 0.1) is 24.5 Å². The van der Waals surface area contributed by atoms with E-state index in [1.54, 1.807) is 39.8 Å². The van der Waals surface area contributed by atoms with Gasteiger partial charge in [-0.15, -0.1) is 0 Å². The topological polar surface area (TPSA) is 125 Å². The van der Waals surface area contributed by atoms with E-state index >= 15 is 0 Å². The third-order valence-corrected chi connectivity index (χ3v) is 6.43. The number of phenols is 1. The molecule has 0 saturated carbocycles. The van der Waals surface area contributed by atoms with Crippen LogP contribution in [0.15, 0.2) is 59.9 Å². The summed E-state index contributed by atoms with van der Waals surface area (Å²) in [6, 6.07) is 10.9. The smallest absolute Gasteiger partial charge is 0.376 e. The van der Waals surface area contributed by atoms with Crippen molar-refractivity contribution >= 4 is 29.5 Å². The molecule has 0 aliphatic carbocycles. The van der Waals surface area contributed by atoms with E-state index in [4.69, 9.17) is 18.9 Å². The fraction of sp³-hybridized carbons (Fsp3) is 0.375. The van der Waals surface area contributed by atoms with Gasteiger partial charge in [-0.25, -0.2) is 9.59 Å². The van der Waals surface area contributed by atoms with Crippen molar-refractivity contribution in [2.24, 2.45) is 11.8 Å². The number of methoxy groups -OCH3 is 1. The predicted octanol–water partition coefficient (Wildman–Crippen LogP) is 5.08. The summed E-state index contributed by atoms with van der Waals surface area (Å²) in [7, 11) is 1.17. The average molecular weight is 565 g/mol. The van der Waals surface area contributed by atoms with Crippen LogP contribution in [-0.2, 0) is 46.2 Å². The maximum atomic E-state index is 13.5. The fourth-order valence-corrected chi connectivity index (χ4v) is 4.16. The summed E-state index contributed by atoms with van der Waals surface area (Å²) >= 11 is 0. The molecule has 41 heavy (non-hydrogen) atoms. The first-order chi connectivity index (χ1) is 19.3. The third kappa shape index (κ3) is 7.03. The normalized spacial score (nSPS) is 16.5. The maximum absolute atomic E-state index is 13.5. The molecule has 1 aliphatic heterocycles. The Bertz CT molecular complexity index is 1390. The molecule has 9 heteroatoms. The zero-order valence-corrected chi connectivity index (χ0v) is 24.4. The number of rotatable bonds is 10. The van der Waals surface area contributed by atoms with Gasteiger partial charge in [0.15, 0.2) is 0 Å². The number of carbonyl (C=O) groups is 4. The van der Waals surface area contributed by atoms with Crippen molar-refractivity contribution in [3.8, 4) is 11.5 Å². The fourth-order valence-electron chi connectivity index (χ4n) is 4.16. The van der Waals surface area contributed by atoms with Gasteiger partial charge in [0.25, 0.3) is 0 Å². The van der Waals surface area contributed by atoms with Crippen LogP contribution in [0.2, 0.25) is 0 Å². The number of esters is 4. The molecular weight excluding hydrogens is 528 g/mol. The molecule has 0 bridgehead atoms. The molecule has 2 aromatic rings. The van der Waals surface area contributed by atoms with Crippen molar-refractivity contribution in [2.45, 2.75) is 60.0 Å². The van der Waals surface area contributed by atoms with Gasteiger partial charge < -0.3 is 24.1 Å². The van der Waals surface area contributed by atoms with Crippen molar-refractivity contribution in [3.05, 3.63) is 76.6 Å². The number of hydrogen-bond acceptors (Lipinski definition) is 9. The second-order valence-electron chi connectivity index (χ2n) is 10.7. The van der Waals surface area contributed by atoms with Gasteiger partial charge in [0.2, 0.25) is 11.4 Å². The number of allylic oxidation sites excluding steroid dienone is 2. The first kappa shape index (κ1) is 31.1. The molecule has 0 radical (unpaired) electrons. The van der Waals surface area contributed by atoms with Crippen LogP contribution >= 0.6 is 0 Å². The number of benzene rings is 2. The summed E-state index contributed by atoms with van der Waals surface area (Å²) < 4.78 is 21.7. The molecule has 0 unspecified atom stereocenters. The molecule has 0 saturated heterocycles. The average Bonchev–Trinajstić information content (AvgIpc) is 3.19. The van der Waals surface area contributed by atoms with E-state index in [9.17, 15) is 24.3 Å². The van der Waals surface area contributed by atoms with Gasteiger partial charge in [-0.05, 0) is 55.2 Å². The lowest BCUT2D eigenvalue weighted by Crippen LogP contribution is -2.44.